The molecule has 1 aromatic rings. The quantitative estimate of drug-likeness (QED) is 0.801. The minimum Gasteiger partial charge on any atom is -0.341 e. The summed E-state index contributed by atoms with van der Waals surface area (Å²) in [6, 6.07) is 0.193. The number of hydrogen-bond acceptors (Lipinski definition) is 5. The summed E-state index contributed by atoms with van der Waals surface area (Å²) in [5.74, 6) is 0.100. The number of rotatable bonds is 4. The van der Waals surface area contributed by atoms with Crippen molar-refractivity contribution in [3.63, 3.8) is 0 Å². The number of likely N-dealkylation sites (tertiary alicyclic amines) is 1. The smallest absolute Gasteiger partial charge is 0.244 e. The highest BCUT2D eigenvalue weighted by atomic mass is 16.2. The minimum atomic E-state index is -0.130. The highest BCUT2D eigenvalue weighted by Crippen LogP contribution is 2.09. The number of amides is 2. The number of carbonyl (C=O) groups is 2. The second kappa shape index (κ2) is 6.66. The maximum Gasteiger partial charge on any atom is 0.244 e. The average Bonchev–Trinajstić information content (AvgIpc) is 2.86. The molecule has 0 unspecified atom stereocenters. The lowest BCUT2D eigenvalue weighted by molar-refractivity contribution is -0.133. The molecule has 1 saturated heterocycles. The van der Waals surface area contributed by atoms with E-state index in [1.165, 1.54) is 4.68 Å². The van der Waals surface area contributed by atoms with Crippen LogP contribution < -0.4 is 11.1 Å². The number of aromatic nitrogens is 3. The molecule has 0 spiro atoms. The van der Waals surface area contributed by atoms with Crippen LogP contribution in [0.1, 0.15) is 26.7 Å². The molecule has 0 radical (unpaired) electrons. The van der Waals surface area contributed by atoms with Crippen LogP contribution in [0.4, 0.5) is 5.82 Å². The van der Waals surface area contributed by atoms with E-state index in [0.29, 0.717) is 18.9 Å². The number of nitrogens with zero attached hydrogens (tertiary/aromatic N) is 4. The Kier molecular flexibility index (Phi) is 4.89. The zero-order valence-corrected chi connectivity index (χ0v) is 12.5. The van der Waals surface area contributed by atoms with Crippen LogP contribution in [0, 0.1) is 5.92 Å². The van der Waals surface area contributed by atoms with E-state index in [4.69, 9.17) is 5.73 Å². The van der Waals surface area contributed by atoms with Gasteiger partial charge in [0.05, 0.1) is 6.20 Å². The lowest BCUT2D eigenvalue weighted by Crippen LogP contribution is -2.44. The first kappa shape index (κ1) is 15.4. The van der Waals surface area contributed by atoms with Gasteiger partial charge in [-0.05, 0) is 12.8 Å². The Morgan fingerprint density at radius 1 is 1.43 bits per heavy atom. The van der Waals surface area contributed by atoms with Crippen LogP contribution >= 0.6 is 0 Å². The predicted octanol–water partition coefficient (Wildman–Crippen LogP) is -0.178. The highest BCUT2D eigenvalue weighted by Gasteiger charge is 2.21. The molecule has 1 aliphatic heterocycles. The number of carbonyl (C=O) groups excluding carboxylic acids is 2. The Hall–Kier alpha value is -1.96. The second-order valence-corrected chi connectivity index (χ2v) is 5.66. The van der Waals surface area contributed by atoms with Gasteiger partial charge in [-0.1, -0.05) is 19.1 Å². The lowest BCUT2D eigenvalue weighted by atomic mass is 10.1. The highest BCUT2D eigenvalue weighted by molar-refractivity contribution is 5.90. The molecule has 21 heavy (non-hydrogen) atoms. The SMILES string of the molecule is CC(C)C(=O)Nc1cn(CC(=O)N2CCC(N)CC2)nn1. The van der Waals surface area contributed by atoms with Gasteiger partial charge in [0, 0.05) is 25.0 Å². The van der Waals surface area contributed by atoms with Gasteiger partial charge in [0.15, 0.2) is 5.82 Å². The normalized spacial score (nSPS) is 16.3. The van der Waals surface area contributed by atoms with E-state index in [0.717, 1.165) is 12.8 Å². The van der Waals surface area contributed by atoms with Gasteiger partial charge in [0.2, 0.25) is 11.8 Å². The van der Waals surface area contributed by atoms with Crippen molar-refractivity contribution < 1.29 is 9.59 Å². The maximum atomic E-state index is 12.1. The number of nitrogens with two attached hydrogens (primary N) is 1. The first-order valence-electron chi connectivity index (χ1n) is 7.20. The Morgan fingerprint density at radius 3 is 2.71 bits per heavy atom. The van der Waals surface area contributed by atoms with Crippen molar-refractivity contribution in [2.24, 2.45) is 11.7 Å². The van der Waals surface area contributed by atoms with E-state index in [1.807, 2.05) is 0 Å². The van der Waals surface area contributed by atoms with Crippen molar-refractivity contribution in [1.29, 1.82) is 0 Å². The molecule has 0 saturated carbocycles. The molecule has 1 fully saturated rings. The van der Waals surface area contributed by atoms with Crippen LogP contribution in [0.25, 0.3) is 0 Å². The summed E-state index contributed by atoms with van der Waals surface area (Å²) in [5, 5.41) is 10.3. The van der Waals surface area contributed by atoms with Gasteiger partial charge in [-0.2, -0.15) is 0 Å². The molecule has 0 aliphatic carbocycles. The number of nitrogens with one attached hydrogen (secondary N) is 1. The van der Waals surface area contributed by atoms with Gasteiger partial charge in [-0.3, -0.25) is 9.59 Å². The molecular formula is C13H22N6O2. The van der Waals surface area contributed by atoms with Gasteiger partial charge in [-0.25, -0.2) is 4.68 Å². The Balaban J connectivity index is 1.87. The van der Waals surface area contributed by atoms with E-state index in [2.05, 4.69) is 15.6 Å². The first-order valence-corrected chi connectivity index (χ1v) is 7.20. The third-order valence-corrected chi connectivity index (χ3v) is 3.50. The topological polar surface area (TPSA) is 106 Å². The van der Waals surface area contributed by atoms with E-state index in [1.54, 1.807) is 24.9 Å². The molecule has 8 heteroatoms. The van der Waals surface area contributed by atoms with Crippen molar-refractivity contribution in [3.8, 4) is 0 Å². The number of piperidine rings is 1. The molecule has 2 amide bonds. The summed E-state index contributed by atoms with van der Waals surface area (Å²) in [4.78, 5) is 25.5. The molecule has 0 bridgehead atoms. The van der Waals surface area contributed by atoms with Crippen molar-refractivity contribution >= 4 is 17.6 Å². The van der Waals surface area contributed by atoms with Gasteiger partial charge >= 0.3 is 0 Å². The van der Waals surface area contributed by atoms with Crippen molar-refractivity contribution in [2.45, 2.75) is 39.3 Å². The predicted molar refractivity (Wildman–Crippen MR) is 77.3 cm³/mol. The minimum absolute atomic E-state index is 0.00599. The summed E-state index contributed by atoms with van der Waals surface area (Å²) >= 11 is 0. The summed E-state index contributed by atoms with van der Waals surface area (Å²) in [5.41, 5.74) is 5.82. The summed E-state index contributed by atoms with van der Waals surface area (Å²) in [6.45, 7) is 5.09. The van der Waals surface area contributed by atoms with Crippen molar-refractivity contribution in [1.82, 2.24) is 19.9 Å². The lowest BCUT2D eigenvalue weighted by Gasteiger charge is -2.30. The molecule has 1 aromatic heterocycles. The van der Waals surface area contributed by atoms with Crippen molar-refractivity contribution in [2.75, 3.05) is 18.4 Å². The Morgan fingerprint density at radius 2 is 2.10 bits per heavy atom. The average molecular weight is 294 g/mol. The summed E-state index contributed by atoms with van der Waals surface area (Å²) < 4.78 is 1.44. The van der Waals surface area contributed by atoms with E-state index >= 15 is 0 Å². The third kappa shape index (κ3) is 4.25. The van der Waals surface area contributed by atoms with Crippen LogP contribution in [0.15, 0.2) is 6.20 Å². The molecule has 1 aliphatic rings. The largest absolute Gasteiger partial charge is 0.341 e. The summed E-state index contributed by atoms with van der Waals surface area (Å²) in [7, 11) is 0. The number of hydrogen-bond donors (Lipinski definition) is 2. The first-order chi connectivity index (χ1) is 9.95. The Bertz CT molecular complexity index is 505. The molecule has 2 heterocycles. The van der Waals surface area contributed by atoms with E-state index in [9.17, 15) is 9.59 Å². The summed E-state index contributed by atoms with van der Waals surface area (Å²) in [6.07, 6.45) is 3.23. The van der Waals surface area contributed by atoms with Crippen LogP contribution in [0.2, 0.25) is 0 Å². The monoisotopic (exact) mass is 294 g/mol. The van der Waals surface area contributed by atoms with Crippen LogP contribution in [-0.4, -0.2) is 50.8 Å². The molecule has 0 aromatic carbocycles. The van der Waals surface area contributed by atoms with Gasteiger partial charge in [-0.15, -0.1) is 5.10 Å². The standard InChI is InChI=1S/C13H22N6O2/c1-9(2)13(21)15-11-7-19(17-16-11)8-12(20)18-5-3-10(14)4-6-18/h7,9-10H,3-6,8,14H2,1-2H3,(H,15,21). The van der Waals surface area contributed by atoms with Crippen molar-refractivity contribution in [3.05, 3.63) is 6.20 Å². The molecule has 116 valence electrons. The zero-order valence-electron chi connectivity index (χ0n) is 12.5. The van der Waals surface area contributed by atoms with Gasteiger partial charge < -0.3 is 16.0 Å². The molecule has 3 N–H and O–H groups in total. The van der Waals surface area contributed by atoms with Crippen LogP contribution in [0.5, 0.6) is 0 Å². The maximum absolute atomic E-state index is 12.1. The number of anilines is 1. The fraction of sp³-hybridized carbons (Fsp3) is 0.692. The molecule has 0 atom stereocenters. The zero-order chi connectivity index (χ0) is 15.4. The molecular weight excluding hydrogens is 272 g/mol. The van der Waals surface area contributed by atoms with Gasteiger partial charge in [0.1, 0.15) is 6.54 Å². The Labute approximate surface area is 123 Å². The van der Waals surface area contributed by atoms with E-state index < -0.39 is 0 Å². The van der Waals surface area contributed by atoms with Gasteiger partial charge in [0.25, 0.3) is 0 Å². The third-order valence-electron chi connectivity index (χ3n) is 3.50. The fourth-order valence-corrected chi connectivity index (χ4v) is 2.09. The molecule has 2 rings (SSSR count). The van der Waals surface area contributed by atoms with Crippen LogP contribution in [-0.2, 0) is 16.1 Å². The molecule has 8 nitrogen and oxygen atoms in total. The van der Waals surface area contributed by atoms with E-state index in [-0.39, 0.29) is 30.3 Å². The fourth-order valence-electron chi connectivity index (χ4n) is 2.09. The second-order valence-electron chi connectivity index (χ2n) is 5.66. The van der Waals surface area contributed by atoms with Crippen LogP contribution in [0.3, 0.4) is 0 Å².